The van der Waals surface area contributed by atoms with Crippen LogP contribution in [0.2, 0.25) is 0 Å². The van der Waals surface area contributed by atoms with Crippen LogP contribution >= 0.6 is 0 Å². The first kappa shape index (κ1) is 21.9. The van der Waals surface area contributed by atoms with Gasteiger partial charge in [-0.15, -0.1) is 0 Å². The molecule has 174 valence electrons. The van der Waals surface area contributed by atoms with Gasteiger partial charge >= 0.3 is 5.97 Å². The molecule has 0 atom stereocenters. The second kappa shape index (κ2) is 8.15. The molecule has 1 saturated carbocycles. The zero-order valence-electron chi connectivity index (χ0n) is 18.1. The molecule has 10 heteroatoms. The number of aliphatic hydroxyl groups is 2. The number of aromatic nitrogens is 3. The van der Waals surface area contributed by atoms with Crippen molar-refractivity contribution in [2.45, 2.75) is 43.5 Å². The summed E-state index contributed by atoms with van der Waals surface area (Å²) >= 11 is 0. The molecule has 1 aliphatic carbocycles. The topological polar surface area (TPSA) is 149 Å². The van der Waals surface area contributed by atoms with Gasteiger partial charge in [-0.2, -0.15) is 4.73 Å². The van der Waals surface area contributed by atoms with Gasteiger partial charge in [0.1, 0.15) is 16.8 Å². The van der Waals surface area contributed by atoms with Crippen molar-refractivity contribution in [1.29, 1.82) is 0 Å². The standard InChI is InChI=1S/C24H22N4O6/c29-14-15-2-1-3-16(10-15)17-11-25-22(26-12-17)27-21(31)23(32)5-7-24(8-6-23)19-4-9-28(33)13-18(19)20(30)34-24/h1-4,9-13,29,32H,5-8,14H2,(H,25,26,27,31). The van der Waals surface area contributed by atoms with Crippen molar-refractivity contribution in [3.8, 4) is 11.1 Å². The Morgan fingerprint density at radius 2 is 1.88 bits per heavy atom. The summed E-state index contributed by atoms with van der Waals surface area (Å²) in [4.78, 5) is 33.5. The lowest BCUT2D eigenvalue weighted by Crippen LogP contribution is -2.49. The smallest absolute Gasteiger partial charge is 0.345 e. The van der Waals surface area contributed by atoms with Crippen LogP contribution in [0.1, 0.15) is 47.2 Å². The molecule has 1 fully saturated rings. The third-order valence-corrected chi connectivity index (χ3v) is 6.56. The number of benzene rings is 1. The number of nitrogens with zero attached hydrogens (tertiary/aromatic N) is 3. The van der Waals surface area contributed by atoms with E-state index in [0.717, 1.165) is 11.1 Å². The highest BCUT2D eigenvalue weighted by molar-refractivity contribution is 5.96. The Bertz CT molecular complexity index is 1270. The minimum Gasteiger partial charge on any atom is -0.619 e. The van der Waals surface area contributed by atoms with E-state index in [1.54, 1.807) is 24.5 Å². The van der Waals surface area contributed by atoms with E-state index < -0.39 is 23.1 Å². The monoisotopic (exact) mass is 462 g/mol. The molecule has 3 N–H and O–H groups in total. The first-order chi connectivity index (χ1) is 16.3. The SMILES string of the molecule is O=C1OC2(CCC(O)(C(=O)Nc3ncc(-c4cccc(CO)c4)cn3)CC2)c2cc[n+]([O-])cc21. The fourth-order valence-electron chi connectivity index (χ4n) is 4.60. The molecule has 0 unspecified atom stereocenters. The number of anilines is 1. The lowest BCUT2D eigenvalue weighted by Gasteiger charge is -2.40. The Kier molecular flexibility index (Phi) is 5.26. The van der Waals surface area contributed by atoms with Crippen molar-refractivity contribution >= 4 is 17.8 Å². The van der Waals surface area contributed by atoms with Crippen molar-refractivity contribution in [2.75, 3.05) is 5.32 Å². The second-order valence-corrected chi connectivity index (χ2v) is 8.66. The zero-order chi connectivity index (χ0) is 23.9. The Morgan fingerprint density at radius 3 is 2.59 bits per heavy atom. The largest absolute Gasteiger partial charge is 0.619 e. The predicted octanol–water partition coefficient (Wildman–Crippen LogP) is 1.58. The fourth-order valence-corrected chi connectivity index (χ4v) is 4.60. The number of carbonyl (C=O) groups excluding carboxylic acids is 2. The van der Waals surface area contributed by atoms with Crippen LogP contribution in [-0.4, -0.2) is 37.7 Å². The van der Waals surface area contributed by atoms with Crippen LogP contribution in [0.15, 0.2) is 55.1 Å². The maximum absolute atomic E-state index is 12.9. The molecular formula is C24H22N4O6. The molecule has 5 rings (SSSR count). The molecular weight excluding hydrogens is 440 g/mol. The van der Waals surface area contributed by atoms with E-state index >= 15 is 0 Å². The number of rotatable bonds is 4. The van der Waals surface area contributed by atoms with E-state index in [1.807, 2.05) is 18.2 Å². The molecule has 10 nitrogen and oxygen atoms in total. The van der Waals surface area contributed by atoms with Gasteiger partial charge in [-0.25, -0.2) is 14.8 Å². The highest BCUT2D eigenvalue weighted by Crippen LogP contribution is 2.49. The average molecular weight is 462 g/mol. The van der Waals surface area contributed by atoms with Gasteiger partial charge in [0.05, 0.1) is 6.61 Å². The lowest BCUT2D eigenvalue weighted by molar-refractivity contribution is -0.605. The quantitative estimate of drug-likeness (QED) is 0.301. The molecule has 0 radical (unpaired) electrons. The van der Waals surface area contributed by atoms with Crippen molar-refractivity contribution in [1.82, 2.24) is 9.97 Å². The van der Waals surface area contributed by atoms with Crippen LogP contribution in [0, 0.1) is 5.21 Å². The molecule has 1 aromatic carbocycles. The fraction of sp³-hybridized carbons (Fsp3) is 0.292. The number of aliphatic hydroxyl groups excluding tert-OH is 1. The number of fused-ring (bicyclic) bond motifs is 2. The Hall–Kier alpha value is -3.89. The van der Waals surface area contributed by atoms with Gasteiger partial charge in [0.25, 0.3) is 5.91 Å². The molecule has 1 amide bonds. The number of hydrogen-bond acceptors (Lipinski definition) is 8. The van der Waals surface area contributed by atoms with E-state index in [9.17, 15) is 25.0 Å². The molecule has 1 spiro atoms. The van der Waals surface area contributed by atoms with E-state index in [0.29, 0.717) is 15.9 Å². The second-order valence-electron chi connectivity index (χ2n) is 8.66. The summed E-state index contributed by atoms with van der Waals surface area (Å²) in [7, 11) is 0. The summed E-state index contributed by atoms with van der Waals surface area (Å²) in [5.41, 5.74) is 0.499. The first-order valence-electron chi connectivity index (χ1n) is 10.8. The van der Waals surface area contributed by atoms with Crippen LogP contribution in [-0.2, 0) is 21.7 Å². The van der Waals surface area contributed by atoms with Crippen molar-refractivity contribution in [2.24, 2.45) is 0 Å². The molecule has 34 heavy (non-hydrogen) atoms. The molecule has 0 saturated heterocycles. The van der Waals surface area contributed by atoms with Crippen molar-refractivity contribution in [3.63, 3.8) is 0 Å². The van der Waals surface area contributed by atoms with Crippen LogP contribution in [0.5, 0.6) is 0 Å². The lowest BCUT2D eigenvalue weighted by atomic mass is 9.72. The maximum atomic E-state index is 12.9. The summed E-state index contributed by atoms with van der Waals surface area (Å²) in [6.45, 7) is -0.0772. The van der Waals surface area contributed by atoms with Gasteiger partial charge in [0.2, 0.25) is 5.95 Å². The number of nitrogens with one attached hydrogen (secondary N) is 1. The minimum atomic E-state index is -1.68. The number of carbonyl (C=O) groups is 2. The van der Waals surface area contributed by atoms with Gasteiger partial charge in [0.15, 0.2) is 12.4 Å². The number of pyridine rings is 1. The third kappa shape index (κ3) is 3.76. The van der Waals surface area contributed by atoms with Crippen LogP contribution < -0.4 is 10.0 Å². The van der Waals surface area contributed by atoms with Gasteiger partial charge in [-0.3, -0.25) is 10.1 Å². The molecule has 2 aromatic heterocycles. The van der Waals surface area contributed by atoms with Crippen LogP contribution in [0.4, 0.5) is 5.95 Å². The highest BCUT2D eigenvalue weighted by Gasteiger charge is 2.53. The molecule has 3 aromatic rings. The Morgan fingerprint density at radius 1 is 1.15 bits per heavy atom. The average Bonchev–Trinajstić information content (AvgIpc) is 3.12. The van der Waals surface area contributed by atoms with E-state index in [4.69, 9.17) is 4.74 Å². The normalized spacial score (nSPS) is 23.4. The zero-order valence-corrected chi connectivity index (χ0v) is 18.1. The molecule has 2 aliphatic rings. The predicted molar refractivity (Wildman–Crippen MR) is 118 cm³/mol. The van der Waals surface area contributed by atoms with E-state index in [1.165, 1.54) is 12.4 Å². The van der Waals surface area contributed by atoms with Gasteiger partial charge in [0, 0.05) is 29.6 Å². The van der Waals surface area contributed by atoms with Gasteiger partial charge in [-0.05, 0) is 42.9 Å². The molecule has 3 heterocycles. The molecule has 0 bridgehead atoms. The van der Waals surface area contributed by atoms with E-state index in [-0.39, 0.29) is 43.8 Å². The first-order valence-corrected chi connectivity index (χ1v) is 10.8. The number of esters is 1. The number of ether oxygens (including phenoxy) is 1. The van der Waals surface area contributed by atoms with Crippen molar-refractivity contribution < 1.29 is 29.3 Å². The van der Waals surface area contributed by atoms with Crippen LogP contribution in [0.3, 0.4) is 0 Å². The number of amides is 1. The Labute approximate surface area is 194 Å². The summed E-state index contributed by atoms with van der Waals surface area (Å²) in [6, 6.07) is 8.87. The third-order valence-electron chi connectivity index (χ3n) is 6.56. The maximum Gasteiger partial charge on any atom is 0.345 e. The summed E-state index contributed by atoms with van der Waals surface area (Å²) in [5.74, 6) is -1.15. The van der Waals surface area contributed by atoms with Crippen LogP contribution in [0.25, 0.3) is 11.1 Å². The van der Waals surface area contributed by atoms with Gasteiger partial charge < -0.3 is 20.2 Å². The molecule has 1 aliphatic heterocycles. The Balaban J connectivity index is 1.27. The van der Waals surface area contributed by atoms with E-state index in [2.05, 4.69) is 15.3 Å². The number of hydrogen-bond donors (Lipinski definition) is 3. The summed E-state index contributed by atoms with van der Waals surface area (Å²) in [5, 5.41) is 34.4. The summed E-state index contributed by atoms with van der Waals surface area (Å²) < 4.78 is 6.15. The summed E-state index contributed by atoms with van der Waals surface area (Å²) in [6.07, 6.45) is 6.18. The highest BCUT2D eigenvalue weighted by atomic mass is 16.6. The minimum absolute atomic E-state index is 0.0541. The van der Waals surface area contributed by atoms with Crippen molar-refractivity contribution in [3.05, 3.63) is 77.0 Å². The van der Waals surface area contributed by atoms with Gasteiger partial charge in [-0.1, -0.05) is 18.2 Å².